The van der Waals surface area contributed by atoms with Gasteiger partial charge in [-0.2, -0.15) is 0 Å². The summed E-state index contributed by atoms with van der Waals surface area (Å²) in [7, 11) is 0. The molecule has 6 heteroatoms. The highest BCUT2D eigenvalue weighted by molar-refractivity contribution is 6.30. The fourth-order valence-corrected chi connectivity index (χ4v) is 2.58. The van der Waals surface area contributed by atoms with E-state index in [0.29, 0.717) is 30.7 Å². The standard InChI is InChI=1S/C17H25ClN2O3/c1-14(2)19-8-10-20(11-9-19)17(21)23-13-3-12-22-16-6-4-15(18)5-7-16/h4-7,14H,3,8-13H2,1-2H3. The Balaban J connectivity index is 1.57. The second-order valence-electron chi connectivity index (χ2n) is 5.89. The van der Waals surface area contributed by atoms with Crippen LogP contribution >= 0.6 is 11.6 Å². The van der Waals surface area contributed by atoms with Crippen LogP contribution in [0.2, 0.25) is 5.02 Å². The van der Waals surface area contributed by atoms with Gasteiger partial charge >= 0.3 is 6.09 Å². The third-order valence-corrected chi connectivity index (χ3v) is 4.15. The number of hydrogen-bond donors (Lipinski definition) is 0. The van der Waals surface area contributed by atoms with Gasteiger partial charge in [-0.05, 0) is 38.1 Å². The van der Waals surface area contributed by atoms with Crippen LogP contribution in [0.15, 0.2) is 24.3 Å². The largest absolute Gasteiger partial charge is 0.493 e. The second kappa shape index (κ2) is 8.99. The molecule has 128 valence electrons. The molecule has 0 N–H and O–H groups in total. The van der Waals surface area contributed by atoms with Crippen molar-refractivity contribution >= 4 is 17.7 Å². The first-order valence-corrected chi connectivity index (χ1v) is 8.48. The average Bonchev–Trinajstić information content (AvgIpc) is 2.56. The molecular formula is C17H25ClN2O3. The number of benzene rings is 1. The average molecular weight is 341 g/mol. The Kier molecular flexibility index (Phi) is 6.99. The van der Waals surface area contributed by atoms with Crippen molar-refractivity contribution < 1.29 is 14.3 Å². The van der Waals surface area contributed by atoms with E-state index in [1.807, 2.05) is 12.1 Å². The van der Waals surface area contributed by atoms with Crippen LogP contribution in [0.5, 0.6) is 5.75 Å². The lowest BCUT2D eigenvalue weighted by atomic mass is 10.2. The molecule has 1 aliphatic heterocycles. The summed E-state index contributed by atoms with van der Waals surface area (Å²) in [5, 5.41) is 0.684. The highest BCUT2D eigenvalue weighted by Crippen LogP contribution is 2.15. The maximum Gasteiger partial charge on any atom is 0.409 e. The van der Waals surface area contributed by atoms with E-state index in [4.69, 9.17) is 21.1 Å². The lowest BCUT2D eigenvalue weighted by Crippen LogP contribution is -2.50. The summed E-state index contributed by atoms with van der Waals surface area (Å²) < 4.78 is 10.9. The summed E-state index contributed by atoms with van der Waals surface area (Å²) in [5.74, 6) is 0.769. The van der Waals surface area contributed by atoms with E-state index in [1.165, 1.54) is 0 Å². The first kappa shape index (κ1) is 17.9. The van der Waals surface area contributed by atoms with Gasteiger partial charge in [-0.15, -0.1) is 0 Å². The Morgan fingerprint density at radius 1 is 1.13 bits per heavy atom. The monoisotopic (exact) mass is 340 g/mol. The molecule has 1 aromatic carbocycles. The number of amides is 1. The predicted octanol–water partition coefficient (Wildman–Crippen LogP) is 3.27. The lowest BCUT2D eigenvalue weighted by Gasteiger charge is -2.36. The van der Waals surface area contributed by atoms with Crippen molar-refractivity contribution in [1.82, 2.24) is 9.80 Å². The number of carbonyl (C=O) groups excluding carboxylic acids is 1. The minimum absolute atomic E-state index is 0.222. The Morgan fingerprint density at radius 2 is 1.78 bits per heavy atom. The minimum atomic E-state index is -0.222. The van der Waals surface area contributed by atoms with Gasteiger partial charge in [0.2, 0.25) is 0 Å². The molecule has 1 aromatic rings. The highest BCUT2D eigenvalue weighted by Gasteiger charge is 2.23. The van der Waals surface area contributed by atoms with Gasteiger partial charge < -0.3 is 14.4 Å². The van der Waals surface area contributed by atoms with E-state index in [9.17, 15) is 4.79 Å². The number of hydrogen-bond acceptors (Lipinski definition) is 4. The van der Waals surface area contributed by atoms with Gasteiger partial charge in [0.25, 0.3) is 0 Å². The molecule has 0 aliphatic carbocycles. The fourth-order valence-electron chi connectivity index (χ4n) is 2.45. The number of ether oxygens (including phenoxy) is 2. The molecular weight excluding hydrogens is 316 g/mol. The minimum Gasteiger partial charge on any atom is -0.493 e. The molecule has 5 nitrogen and oxygen atoms in total. The van der Waals surface area contributed by atoms with E-state index in [1.54, 1.807) is 17.0 Å². The number of piperazine rings is 1. The maximum atomic E-state index is 12.0. The van der Waals surface area contributed by atoms with Crippen molar-refractivity contribution in [3.63, 3.8) is 0 Å². The number of halogens is 1. The van der Waals surface area contributed by atoms with Crippen molar-refractivity contribution in [2.45, 2.75) is 26.3 Å². The molecule has 0 radical (unpaired) electrons. The first-order valence-electron chi connectivity index (χ1n) is 8.10. The van der Waals surface area contributed by atoms with Crippen molar-refractivity contribution in [2.24, 2.45) is 0 Å². The molecule has 0 bridgehead atoms. The predicted molar refractivity (Wildman–Crippen MR) is 91.2 cm³/mol. The van der Waals surface area contributed by atoms with Crippen LogP contribution in [-0.2, 0) is 4.74 Å². The van der Waals surface area contributed by atoms with Crippen molar-refractivity contribution in [1.29, 1.82) is 0 Å². The van der Waals surface area contributed by atoms with Crippen molar-refractivity contribution in [2.75, 3.05) is 39.4 Å². The maximum absolute atomic E-state index is 12.0. The van der Waals surface area contributed by atoms with Gasteiger partial charge in [0.1, 0.15) is 5.75 Å². The number of carbonyl (C=O) groups is 1. The molecule has 1 fully saturated rings. The Hall–Kier alpha value is -1.46. The summed E-state index contributed by atoms with van der Waals surface area (Å²) in [6.07, 6.45) is 0.445. The number of rotatable bonds is 6. The van der Waals surface area contributed by atoms with Gasteiger partial charge in [-0.1, -0.05) is 11.6 Å². The van der Waals surface area contributed by atoms with E-state index in [2.05, 4.69) is 18.7 Å². The molecule has 1 saturated heterocycles. The third-order valence-electron chi connectivity index (χ3n) is 3.90. The topological polar surface area (TPSA) is 42.0 Å². The number of nitrogens with zero attached hydrogens (tertiary/aromatic N) is 2. The van der Waals surface area contributed by atoms with Gasteiger partial charge in [-0.25, -0.2) is 4.79 Å². The third kappa shape index (κ3) is 5.92. The normalized spacial score (nSPS) is 15.7. The summed E-state index contributed by atoms with van der Waals surface area (Å²) in [6, 6.07) is 7.74. The van der Waals surface area contributed by atoms with E-state index in [0.717, 1.165) is 31.9 Å². The van der Waals surface area contributed by atoms with E-state index < -0.39 is 0 Å². The fraction of sp³-hybridized carbons (Fsp3) is 0.588. The van der Waals surface area contributed by atoms with Gasteiger partial charge in [0, 0.05) is 43.7 Å². The SMILES string of the molecule is CC(C)N1CCN(C(=O)OCCCOc2ccc(Cl)cc2)CC1. The molecule has 0 saturated carbocycles. The molecule has 23 heavy (non-hydrogen) atoms. The Labute approximate surface area is 143 Å². The van der Waals surface area contributed by atoms with Gasteiger partial charge in [-0.3, -0.25) is 4.90 Å². The van der Waals surface area contributed by atoms with Crippen LogP contribution in [0.25, 0.3) is 0 Å². The molecule has 1 aliphatic rings. The summed E-state index contributed by atoms with van der Waals surface area (Å²) in [5.41, 5.74) is 0. The van der Waals surface area contributed by atoms with E-state index >= 15 is 0 Å². The van der Waals surface area contributed by atoms with Gasteiger partial charge in [0.15, 0.2) is 0 Å². The summed E-state index contributed by atoms with van der Waals surface area (Å²) in [4.78, 5) is 16.1. The van der Waals surface area contributed by atoms with Crippen LogP contribution in [0.1, 0.15) is 20.3 Å². The lowest BCUT2D eigenvalue weighted by molar-refractivity contribution is 0.0655. The quantitative estimate of drug-likeness (QED) is 0.745. The van der Waals surface area contributed by atoms with E-state index in [-0.39, 0.29) is 6.09 Å². The van der Waals surface area contributed by atoms with Crippen LogP contribution in [0.3, 0.4) is 0 Å². The zero-order chi connectivity index (χ0) is 16.7. The zero-order valence-corrected chi connectivity index (χ0v) is 14.6. The van der Waals surface area contributed by atoms with Crippen molar-refractivity contribution in [3.05, 3.63) is 29.3 Å². The van der Waals surface area contributed by atoms with Crippen LogP contribution in [0, 0.1) is 0 Å². The van der Waals surface area contributed by atoms with Crippen molar-refractivity contribution in [3.8, 4) is 5.75 Å². The van der Waals surface area contributed by atoms with Crippen LogP contribution in [0.4, 0.5) is 4.79 Å². The highest BCUT2D eigenvalue weighted by atomic mass is 35.5. The Morgan fingerprint density at radius 3 is 2.39 bits per heavy atom. The molecule has 0 spiro atoms. The molecule has 0 aromatic heterocycles. The zero-order valence-electron chi connectivity index (χ0n) is 13.8. The second-order valence-corrected chi connectivity index (χ2v) is 6.32. The summed E-state index contributed by atoms with van der Waals surface area (Å²) >= 11 is 5.81. The summed E-state index contributed by atoms with van der Waals surface area (Å²) in [6.45, 7) is 8.52. The smallest absolute Gasteiger partial charge is 0.409 e. The first-order chi connectivity index (χ1) is 11.1. The molecule has 0 atom stereocenters. The Bertz CT molecular complexity index is 485. The molecule has 1 heterocycles. The van der Waals surface area contributed by atoms with Crippen LogP contribution < -0.4 is 4.74 Å². The van der Waals surface area contributed by atoms with Gasteiger partial charge in [0.05, 0.1) is 13.2 Å². The molecule has 0 unspecified atom stereocenters. The molecule has 2 rings (SSSR count). The van der Waals surface area contributed by atoms with Crippen LogP contribution in [-0.4, -0.2) is 61.3 Å². The molecule has 1 amide bonds.